The molecule has 2 saturated heterocycles. The molecule has 0 spiro atoms. The standard InChI is InChI=1S/C13H20N4O/c14-11-13(12-15)1-3-16(4-2-13)5-6-17-7-9-18-10-8-17/h1-10H2. The minimum absolute atomic E-state index is 0.684. The molecule has 2 rings (SSSR count). The third kappa shape index (κ3) is 3.20. The molecule has 0 bridgehead atoms. The zero-order valence-electron chi connectivity index (χ0n) is 10.8. The summed E-state index contributed by atoms with van der Waals surface area (Å²) in [6.07, 6.45) is 1.37. The summed E-state index contributed by atoms with van der Waals surface area (Å²) in [5.74, 6) is 0. The lowest BCUT2D eigenvalue weighted by atomic mass is 9.81. The fraction of sp³-hybridized carbons (Fsp3) is 0.846. The Bertz CT molecular complexity index is 327. The Labute approximate surface area is 109 Å². The molecule has 18 heavy (non-hydrogen) atoms. The average Bonchev–Trinajstić information content (AvgIpc) is 2.47. The maximum absolute atomic E-state index is 9.05. The van der Waals surface area contributed by atoms with Crippen LogP contribution in [0.25, 0.3) is 0 Å². The van der Waals surface area contributed by atoms with Gasteiger partial charge in [-0.25, -0.2) is 0 Å². The third-order valence-electron chi connectivity index (χ3n) is 3.97. The van der Waals surface area contributed by atoms with Crippen LogP contribution in [0.2, 0.25) is 0 Å². The largest absolute Gasteiger partial charge is 0.379 e. The van der Waals surface area contributed by atoms with Crippen LogP contribution in [-0.2, 0) is 4.74 Å². The van der Waals surface area contributed by atoms with E-state index in [2.05, 4.69) is 21.9 Å². The zero-order valence-corrected chi connectivity index (χ0v) is 10.8. The predicted molar refractivity (Wildman–Crippen MR) is 66.6 cm³/mol. The molecule has 5 heteroatoms. The Morgan fingerprint density at radius 1 is 0.889 bits per heavy atom. The van der Waals surface area contributed by atoms with E-state index in [9.17, 15) is 0 Å². The smallest absolute Gasteiger partial charge is 0.146 e. The van der Waals surface area contributed by atoms with E-state index >= 15 is 0 Å². The second-order valence-corrected chi connectivity index (χ2v) is 5.10. The molecule has 0 radical (unpaired) electrons. The van der Waals surface area contributed by atoms with E-state index in [1.54, 1.807) is 0 Å². The Kier molecular flexibility index (Phi) is 4.54. The highest BCUT2D eigenvalue weighted by atomic mass is 16.5. The van der Waals surface area contributed by atoms with Gasteiger partial charge in [0.25, 0.3) is 0 Å². The summed E-state index contributed by atoms with van der Waals surface area (Å²) >= 11 is 0. The zero-order chi connectivity index (χ0) is 12.8. The molecule has 0 saturated carbocycles. The van der Waals surface area contributed by atoms with Gasteiger partial charge in [-0.3, -0.25) is 4.90 Å². The van der Waals surface area contributed by atoms with Crippen LogP contribution in [0.4, 0.5) is 0 Å². The van der Waals surface area contributed by atoms with Gasteiger partial charge in [0, 0.05) is 39.3 Å². The molecule has 0 unspecified atom stereocenters. The van der Waals surface area contributed by atoms with Crippen LogP contribution < -0.4 is 0 Å². The van der Waals surface area contributed by atoms with Crippen LogP contribution in [-0.4, -0.2) is 62.3 Å². The highest BCUT2D eigenvalue weighted by Gasteiger charge is 2.34. The number of ether oxygens (including phenoxy) is 1. The van der Waals surface area contributed by atoms with Crippen molar-refractivity contribution in [3.8, 4) is 12.1 Å². The van der Waals surface area contributed by atoms with Crippen molar-refractivity contribution < 1.29 is 4.74 Å². The second kappa shape index (κ2) is 6.15. The van der Waals surface area contributed by atoms with Crippen molar-refractivity contribution in [2.45, 2.75) is 12.8 Å². The van der Waals surface area contributed by atoms with Crippen LogP contribution in [0.15, 0.2) is 0 Å². The SMILES string of the molecule is N#CC1(C#N)CCN(CCN2CCOCC2)CC1. The first-order valence-electron chi connectivity index (χ1n) is 6.63. The molecule has 0 aromatic rings. The van der Waals surface area contributed by atoms with Crippen molar-refractivity contribution in [1.82, 2.24) is 9.80 Å². The molecular formula is C13H20N4O. The first kappa shape index (κ1) is 13.3. The van der Waals surface area contributed by atoms with Gasteiger partial charge in [0.1, 0.15) is 5.41 Å². The Balaban J connectivity index is 1.71. The van der Waals surface area contributed by atoms with Crippen LogP contribution in [0.3, 0.4) is 0 Å². The van der Waals surface area contributed by atoms with Gasteiger partial charge >= 0.3 is 0 Å². The highest BCUT2D eigenvalue weighted by molar-refractivity contribution is 5.15. The molecule has 2 heterocycles. The van der Waals surface area contributed by atoms with Crippen molar-refractivity contribution in [3.05, 3.63) is 0 Å². The minimum Gasteiger partial charge on any atom is -0.379 e. The molecule has 98 valence electrons. The summed E-state index contributed by atoms with van der Waals surface area (Å²) in [5, 5.41) is 18.1. The molecule has 0 N–H and O–H groups in total. The lowest BCUT2D eigenvalue weighted by Crippen LogP contribution is -2.45. The van der Waals surface area contributed by atoms with E-state index in [1.165, 1.54) is 0 Å². The molecule has 0 atom stereocenters. The maximum atomic E-state index is 9.05. The molecule has 5 nitrogen and oxygen atoms in total. The lowest BCUT2D eigenvalue weighted by Gasteiger charge is -2.35. The molecular weight excluding hydrogens is 228 g/mol. The fourth-order valence-corrected chi connectivity index (χ4v) is 2.51. The van der Waals surface area contributed by atoms with Crippen LogP contribution in [0.5, 0.6) is 0 Å². The highest BCUT2D eigenvalue weighted by Crippen LogP contribution is 2.29. The summed E-state index contributed by atoms with van der Waals surface area (Å²) < 4.78 is 5.32. The molecule has 0 aliphatic carbocycles. The number of morpholine rings is 1. The normalized spacial score (nSPS) is 25.2. The number of piperidine rings is 1. The van der Waals surface area contributed by atoms with E-state index in [0.717, 1.165) is 52.5 Å². The summed E-state index contributed by atoms with van der Waals surface area (Å²) in [6.45, 7) is 7.56. The topological polar surface area (TPSA) is 63.3 Å². The van der Waals surface area contributed by atoms with Crippen LogP contribution >= 0.6 is 0 Å². The Morgan fingerprint density at radius 2 is 1.39 bits per heavy atom. The monoisotopic (exact) mass is 248 g/mol. The van der Waals surface area contributed by atoms with Gasteiger partial charge in [-0.1, -0.05) is 0 Å². The van der Waals surface area contributed by atoms with Gasteiger partial charge in [0.05, 0.1) is 25.4 Å². The van der Waals surface area contributed by atoms with Crippen molar-refractivity contribution in [1.29, 1.82) is 10.5 Å². The van der Waals surface area contributed by atoms with E-state index in [4.69, 9.17) is 15.3 Å². The quantitative estimate of drug-likeness (QED) is 0.725. The second-order valence-electron chi connectivity index (χ2n) is 5.10. The molecule has 0 aromatic carbocycles. The first-order valence-corrected chi connectivity index (χ1v) is 6.63. The van der Waals surface area contributed by atoms with Gasteiger partial charge in [-0.2, -0.15) is 10.5 Å². The summed E-state index contributed by atoms with van der Waals surface area (Å²) in [5.41, 5.74) is -0.727. The molecule has 0 aromatic heterocycles. The van der Waals surface area contributed by atoms with Gasteiger partial charge < -0.3 is 9.64 Å². The number of hydrogen-bond acceptors (Lipinski definition) is 5. The number of hydrogen-bond donors (Lipinski definition) is 0. The molecule has 2 fully saturated rings. The molecule has 0 amide bonds. The van der Waals surface area contributed by atoms with Crippen LogP contribution in [0, 0.1) is 28.1 Å². The van der Waals surface area contributed by atoms with Gasteiger partial charge in [-0.05, 0) is 12.8 Å². The van der Waals surface area contributed by atoms with Crippen LogP contribution in [0.1, 0.15) is 12.8 Å². The molecule has 2 aliphatic heterocycles. The maximum Gasteiger partial charge on any atom is 0.146 e. The Morgan fingerprint density at radius 3 is 1.89 bits per heavy atom. The van der Waals surface area contributed by atoms with E-state index in [1.807, 2.05) is 0 Å². The lowest BCUT2D eigenvalue weighted by molar-refractivity contribution is 0.0311. The fourth-order valence-electron chi connectivity index (χ4n) is 2.51. The first-order chi connectivity index (χ1) is 8.78. The van der Waals surface area contributed by atoms with Crippen molar-refractivity contribution in [2.75, 3.05) is 52.5 Å². The number of likely N-dealkylation sites (tertiary alicyclic amines) is 1. The van der Waals surface area contributed by atoms with Gasteiger partial charge in [0.2, 0.25) is 0 Å². The van der Waals surface area contributed by atoms with E-state index in [0.29, 0.717) is 12.8 Å². The summed E-state index contributed by atoms with van der Waals surface area (Å²) in [7, 11) is 0. The molecule has 2 aliphatic rings. The van der Waals surface area contributed by atoms with Gasteiger partial charge in [-0.15, -0.1) is 0 Å². The Hall–Kier alpha value is -1.14. The van der Waals surface area contributed by atoms with Crippen molar-refractivity contribution in [3.63, 3.8) is 0 Å². The van der Waals surface area contributed by atoms with E-state index in [-0.39, 0.29) is 0 Å². The van der Waals surface area contributed by atoms with E-state index < -0.39 is 5.41 Å². The summed E-state index contributed by atoms with van der Waals surface area (Å²) in [4.78, 5) is 4.78. The number of nitriles is 2. The van der Waals surface area contributed by atoms with Gasteiger partial charge in [0.15, 0.2) is 0 Å². The summed E-state index contributed by atoms with van der Waals surface area (Å²) in [6, 6.07) is 4.36. The van der Waals surface area contributed by atoms with Crippen molar-refractivity contribution in [2.24, 2.45) is 5.41 Å². The number of nitrogens with zero attached hydrogens (tertiary/aromatic N) is 4. The minimum atomic E-state index is -0.727. The average molecular weight is 248 g/mol. The third-order valence-corrected chi connectivity index (χ3v) is 3.97. The predicted octanol–water partition coefficient (Wildman–Crippen LogP) is 0.448. The number of rotatable bonds is 3. The van der Waals surface area contributed by atoms with Crippen molar-refractivity contribution >= 4 is 0 Å².